The highest BCUT2D eigenvalue weighted by Gasteiger charge is 2.21. The van der Waals surface area contributed by atoms with Gasteiger partial charge in [-0.25, -0.2) is 12.7 Å². The van der Waals surface area contributed by atoms with Crippen molar-refractivity contribution in [1.82, 2.24) is 4.31 Å². The number of thioether (sulfide) groups is 1. The molecule has 78 valence electrons. The summed E-state index contributed by atoms with van der Waals surface area (Å²) in [5, 5.41) is 0.645. The van der Waals surface area contributed by atoms with Crippen LogP contribution in [0.2, 0.25) is 0 Å². The minimum atomic E-state index is -2.96. The van der Waals surface area contributed by atoms with Crippen molar-refractivity contribution in [3.8, 4) is 0 Å². The monoisotopic (exact) mass is 223 g/mol. The van der Waals surface area contributed by atoms with E-state index < -0.39 is 10.0 Å². The van der Waals surface area contributed by atoms with Gasteiger partial charge in [-0.3, -0.25) is 0 Å². The van der Waals surface area contributed by atoms with Crippen LogP contribution in [0.15, 0.2) is 0 Å². The molecule has 0 N–H and O–H groups in total. The average molecular weight is 223 g/mol. The summed E-state index contributed by atoms with van der Waals surface area (Å²) in [5.41, 5.74) is 0. The van der Waals surface area contributed by atoms with E-state index in [2.05, 4.69) is 6.26 Å². The molecule has 1 aliphatic heterocycles. The molecule has 1 saturated heterocycles. The van der Waals surface area contributed by atoms with Crippen molar-refractivity contribution in [3.63, 3.8) is 0 Å². The summed E-state index contributed by atoms with van der Waals surface area (Å²) in [6.07, 6.45) is 6.53. The van der Waals surface area contributed by atoms with Gasteiger partial charge < -0.3 is 0 Å². The SMILES string of the molecule is CSC1CCCN(S(C)(=O)=O)CC1. The van der Waals surface area contributed by atoms with E-state index in [4.69, 9.17) is 0 Å². The molecule has 13 heavy (non-hydrogen) atoms. The van der Waals surface area contributed by atoms with E-state index in [9.17, 15) is 8.42 Å². The molecule has 0 amide bonds. The molecule has 0 radical (unpaired) electrons. The van der Waals surface area contributed by atoms with E-state index in [1.165, 1.54) is 6.26 Å². The topological polar surface area (TPSA) is 37.4 Å². The van der Waals surface area contributed by atoms with Crippen molar-refractivity contribution >= 4 is 21.8 Å². The van der Waals surface area contributed by atoms with Crippen molar-refractivity contribution in [2.24, 2.45) is 0 Å². The maximum atomic E-state index is 11.3. The Morgan fingerprint density at radius 3 is 2.54 bits per heavy atom. The first-order chi connectivity index (χ1) is 6.04. The molecule has 1 heterocycles. The molecule has 0 aromatic heterocycles. The maximum Gasteiger partial charge on any atom is 0.211 e. The average Bonchev–Trinajstić information content (AvgIpc) is 2.26. The largest absolute Gasteiger partial charge is 0.213 e. The van der Waals surface area contributed by atoms with Crippen LogP contribution in [-0.2, 0) is 10.0 Å². The van der Waals surface area contributed by atoms with Crippen LogP contribution in [0.5, 0.6) is 0 Å². The first-order valence-corrected chi connectivity index (χ1v) is 7.65. The maximum absolute atomic E-state index is 11.3. The fourth-order valence-electron chi connectivity index (χ4n) is 1.61. The Kier molecular flexibility index (Phi) is 4.06. The third-order valence-corrected chi connectivity index (χ3v) is 4.88. The quantitative estimate of drug-likeness (QED) is 0.705. The molecular weight excluding hydrogens is 206 g/mol. The van der Waals surface area contributed by atoms with Gasteiger partial charge in [0.05, 0.1) is 6.26 Å². The fourth-order valence-corrected chi connectivity index (χ4v) is 3.25. The van der Waals surface area contributed by atoms with E-state index in [0.717, 1.165) is 19.3 Å². The van der Waals surface area contributed by atoms with Crippen molar-refractivity contribution in [3.05, 3.63) is 0 Å². The highest BCUT2D eigenvalue weighted by Crippen LogP contribution is 2.21. The Bertz CT molecular complexity index is 251. The molecule has 0 aromatic carbocycles. The van der Waals surface area contributed by atoms with E-state index in [0.29, 0.717) is 18.3 Å². The molecule has 1 atom stereocenters. The lowest BCUT2D eigenvalue weighted by molar-refractivity contribution is 0.428. The Balaban J connectivity index is 2.55. The van der Waals surface area contributed by atoms with Crippen LogP contribution in [0.3, 0.4) is 0 Å². The van der Waals surface area contributed by atoms with Gasteiger partial charge in [-0.05, 0) is 25.5 Å². The van der Waals surface area contributed by atoms with Gasteiger partial charge in [0, 0.05) is 18.3 Å². The smallest absolute Gasteiger partial charge is 0.211 e. The standard InChI is InChI=1S/C8H17NO2S2/c1-12-8-4-3-6-9(7-5-8)13(2,10)11/h8H,3-7H2,1-2H3. The predicted molar refractivity (Wildman–Crippen MR) is 57.6 cm³/mol. The molecule has 3 nitrogen and oxygen atoms in total. The molecule has 1 aliphatic rings. The van der Waals surface area contributed by atoms with Crippen LogP contribution in [0, 0.1) is 0 Å². The molecule has 1 rings (SSSR count). The van der Waals surface area contributed by atoms with E-state index in [1.807, 2.05) is 11.8 Å². The van der Waals surface area contributed by atoms with Crippen molar-refractivity contribution < 1.29 is 8.42 Å². The Morgan fingerprint density at radius 2 is 2.00 bits per heavy atom. The number of hydrogen-bond acceptors (Lipinski definition) is 3. The number of hydrogen-bond donors (Lipinski definition) is 0. The van der Waals surface area contributed by atoms with Gasteiger partial charge >= 0.3 is 0 Å². The fraction of sp³-hybridized carbons (Fsp3) is 1.00. The first-order valence-electron chi connectivity index (χ1n) is 4.52. The summed E-state index contributed by atoms with van der Waals surface area (Å²) in [6, 6.07) is 0. The van der Waals surface area contributed by atoms with Crippen LogP contribution >= 0.6 is 11.8 Å². The Labute approximate surface area is 84.9 Å². The second-order valence-electron chi connectivity index (χ2n) is 3.45. The van der Waals surface area contributed by atoms with Gasteiger partial charge in [-0.2, -0.15) is 11.8 Å². The van der Waals surface area contributed by atoms with Gasteiger partial charge in [0.25, 0.3) is 0 Å². The van der Waals surface area contributed by atoms with E-state index in [1.54, 1.807) is 4.31 Å². The lowest BCUT2D eigenvalue weighted by Gasteiger charge is -2.16. The van der Waals surface area contributed by atoms with Gasteiger partial charge in [0.15, 0.2) is 0 Å². The van der Waals surface area contributed by atoms with Crippen molar-refractivity contribution in [2.75, 3.05) is 25.6 Å². The van der Waals surface area contributed by atoms with Crippen LogP contribution in [0.4, 0.5) is 0 Å². The summed E-state index contributed by atoms with van der Waals surface area (Å²) in [7, 11) is -2.96. The highest BCUT2D eigenvalue weighted by atomic mass is 32.2. The molecule has 0 aromatic rings. The van der Waals surface area contributed by atoms with Gasteiger partial charge in [-0.1, -0.05) is 0 Å². The zero-order valence-corrected chi connectivity index (χ0v) is 9.83. The minimum Gasteiger partial charge on any atom is -0.213 e. The third kappa shape index (κ3) is 3.48. The van der Waals surface area contributed by atoms with E-state index in [-0.39, 0.29) is 0 Å². The van der Waals surface area contributed by atoms with Crippen molar-refractivity contribution in [1.29, 1.82) is 0 Å². The summed E-state index contributed by atoms with van der Waals surface area (Å²) < 4.78 is 24.1. The number of rotatable bonds is 2. The molecule has 0 saturated carbocycles. The first kappa shape index (κ1) is 11.3. The minimum absolute atomic E-state index is 0.645. The summed E-state index contributed by atoms with van der Waals surface area (Å²) >= 11 is 1.85. The second-order valence-corrected chi connectivity index (χ2v) is 6.57. The molecule has 5 heteroatoms. The Hall–Kier alpha value is 0.260. The molecule has 0 bridgehead atoms. The molecule has 0 spiro atoms. The molecular formula is C8H17NO2S2. The lowest BCUT2D eigenvalue weighted by atomic mass is 10.2. The third-order valence-electron chi connectivity index (χ3n) is 2.44. The predicted octanol–water partition coefficient (Wildman–Crippen LogP) is 1.16. The molecule has 1 unspecified atom stereocenters. The van der Waals surface area contributed by atoms with Crippen LogP contribution in [-0.4, -0.2) is 43.6 Å². The normalized spacial score (nSPS) is 27.1. The van der Waals surface area contributed by atoms with Gasteiger partial charge in [-0.15, -0.1) is 0 Å². The van der Waals surface area contributed by atoms with Gasteiger partial charge in [0.2, 0.25) is 10.0 Å². The van der Waals surface area contributed by atoms with Crippen LogP contribution in [0.1, 0.15) is 19.3 Å². The summed E-state index contributed by atoms with van der Waals surface area (Å²) in [5.74, 6) is 0. The molecule has 1 fully saturated rings. The second kappa shape index (κ2) is 4.66. The van der Waals surface area contributed by atoms with Crippen LogP contribution < -0.4 is 0 Å². The highest BCUT2D eigenvalue weighted by molar-refractivity contribution is 7.99. The van der Waals surface area contributed by atoms with Gasteiger partial charge in [0.1, 0.15) is 0 Å². The van der Waals surface area contributed by atoms with Crippen molar-refractivity contribution in [2.45, 2.75) is 24.5 Å². The number of nitrogens with zero attached hydrogens (tertiary/aromatic N) is 1. The van der Waals surface area contributed by atoms with Crippen LogP contribution in [0.25, 0.3) is 0 Å². The number of sulfonamides is 1. The zero-order valence-electron chi connectivity index (χ0n) is 8.19. The summed E-state index contributed by atoms with van der Waals surface area (Å²) in [4.78, 5) is 0. The molecule has 0 aliphatic carbocycles. The van der Waals surface area contributed by atoms with E-state index >= 15 is 0 Å². The summed E-state index contributed by atoms with van der Waals surface area (Å²) in [6.45, 7) is 1.40. The zero-order chi connectivity index (χ0) is 9.90. The lowest BCUT2D eigenvalue weighted by Crippen LogP contribution is -2.30. The Morgan fingerprint density at radius 1 is 1.31 bits per heavy atom.